The smallest absolute Gasteiger partial charge is 0.313 e. The molecule has 0 fully saturated rings. The highest BCUT2D eigenvalue weighted by Crippen LogP contribution is 2.32. The molecule has 0 aliphatic carbocycles. The maximum atomic E-state index is 13.7. The predicted octanol–water partition coefficient (Wildman–Crippen LogP) is 3.31. The minimum Gasteiger partial charge on any atom is -0.313 e. The van der Waals surface area contributed by atoms with Gasteiger partial charge in [-0.25, -0.2) is 4.98 Å². The second-order valence-electron chi connectivity index (χ2n) is 7.14. The van der Waals surface area contributed by atoms with Gasteiger partial charge in [-0.1, -0.05) is 23.8 Å². The number of hydrogen-bond donors (Lipinski definition) is 0. The van der Waals surface area contributed by atoms with Gasteiger partial charge in [0.2, 0.25) is 11.6 Å². The number of hydrogen-bond acceptors (Lipinski definition) is 4. The highest BCUT2D eigenvalue weighted by atomic mass is 19.4. The van der Waals surface area contributed by atoms with E-state index in [1.54, 1.807) is 41.8 Å². The Kier molecular flexibility index (Phi) is 3.76. The first-order chi connectivity index (χ1) is 14.3. The number of fused-ring (bicyclic) bond motifs is 4. The van der Waals surface area contributed by atoms with Crippen LogP contribution in [0.4, 0.5) is 13.2 Å². The summed E-state index contributed by atoms with van der Waals surface area (Å²) in [5.41, 5.74) is 1.77. The van der Waals surface area contributed by atoms with E-state index in [1.807, 2.05) is 13.0 Å². The molecule has 0 atom stereocenters. The number of alkyl halides is 3. The average Bonchev–Trinajstić information content (AvgIpc) is 3.29. The van der Waals surface area contributed by atoms with Crippen LogP contribution in [-0.2, 0) is 19.8 Å². The van der Waals surface area contributed by atoms with Gasteiger partial charge in [-0.05, 0) is 31.2 Å². The first kappa shape index (κ1) is 18.3. The van der Waals surface area contributed by atoms with E-state index in [2.05, 4.69) is 15.2 Å². The van der Waals surface area contributed by atoms with Crippen molar-refractivity contribution in [3.05, 3.63) is 70.0 Å². The summed E-state index contributed by atoms with van der Waals surface area (Å²) in [6, 6.07) is 11.7. The van der Waals surface area contributed by atoms with E-state index in [0.29, 0.717) is 16.4 Å². The molecule has 0 saturated carbocycles. The van der Waals surface area contributed by atoms with Gasteiger partial charge in [0.05, 0.1) is 28.5 Å². The van der Waals surface area contributed by atoms with Crippen molar-refractivity contribution in [3.63, 3.8) is 0 Å². The van der Waals surface area contributed by atoms with Crippen LogP contribution in [0.5, 0.6) is 0 Å². The Morgan fingerprint density at radius 3 is 2.57 bits per heavy atom. The molecule has 0 spiro atoms. The van der Waals surface area contributed by atoms with Crippen molar-refractivity contribution in [1.82, 2.24) is 28.7 Å². The minimum absolute atomic E-state index is 0.211. The fourth-order valence-electron chi connectivity index (χ4n) is 3.75. The van der Waals surface area contributed by atoms with Crippen LogP contribution in [0.1, 0.15) is 17.2 Å². The molecule has 0 unspecified atom stereocenters. The molecule has 3 aromatic heterocycles. The Morgan fingerprint density at radius 2 is 1.80 bits per heavy atom. The summed E-state index contributed by atoms with van der Waals surface area (Å²) in [6.07, 6.45) is -4.63. The molecule has 0 aliphatic rings. The van der Waals surface area contributed by atoms with E-state index in [-0.39, 0.29) is 29.2 Å². The monoisotopic (exact) mass is 412 g/mol. The lowest BCUT2D eigenvalue weighted by atomic mass is 10.1. The van der Waals surface area contributed by atoms with Crippen molar-refractivity contribution in [2.75, 3.05) is 0 Å². The highest BCUT2D eigenvalue weighted by molar-refractivity contribution is 5.81. The van der Waals surface area contributed by atoms with E-state index in [9.17, 15) is 18.0 Å². The first-order valence-corrected chi connectivity index (χ1v) is 9.11. The summed E-state index contributed by atoms with van der Waals surface area (Å²) in [7, 11) is 1.56. The Labute approximate surface area is 167 Å². The van der Waals surface area contributed by atoms with Gasteiger partial charge >= 0.3 is 6.18 Å². The standard InChI is InChI=1S/C20H15F3N6O/c1-11-7-8-14-12(9-11)17(30)27(2)19-26-25-16(29(14)19)10-28-15-6-4-3-5-13(15)24-18(28)20(21,22)23/h3-9H,10H2,1-2H3. The topological polar surface area (TPSA) is 70.0 Å². The molecular formula is C20H15F3N6O. The zero-order chi connectivity index (χ0) is 21.2. The molecule has 0 bridgehead atoms. The summed E-state index contributed by atoms with van der Waals surface area (Å²) < 4.78 is 45.1. The van der Waals surface area contributed by atoms with Gasteiger partial charge in [0, 0.05) is 7.05 Å². The van der Waals surface area contributed by atoms with Gasteiger partial charge in [0.25, 0.3) is 5.56 Å². The quantitative estimate of drug-likeness (QED) is 0.446. The van der Waals surface area contributed by atoms with E-state index >= 15 is 0 Å². The summed E-state index contributed by atoms with van der Waals surface area (Å²) in [5, 5.41) is 8.62. The molecule has 0 N–H and O–H groups in total. The SMILES string of the molecule is Cc1ccc2c(c1)c(=O)n(C)c1nnc(Cn3c(C(F)(F)F)nc4ccccc43)n21. The van der Waals surface area contributed by atoms with Crippen molar-refractivity contribution in [2.45, 2.75) is 19.6 Å². The van der Waals surface area contributed by atoms with Crippen molar-refractivity contribution >= 4 is 27.7 Å². The number of aryl methyl sites for hydroxylation is 2. The zero-order valence-corrected chi connectivity index (χ0v) is 16.0. The van der Waals surface area contributed by atoms with E-state index in [1.165, 1.54) is 10.6 Å². The molecule has 30 heavy (non-hydrogen) atoms. The second kappa shape index (κ2) is 6.15. The third-order valence-corrected chi connectivity index (χ3v) is 5.15. The Balaban J connectivity index is 1.81. The molecule has 3 heterocycles. The van der Waals surface area contributed by atoms with Crippen molar-refractivity contribution in [2.24, 2.45) is 7.05 Å². The minimum atomic E-state index is -4.63. The largest absolute Gasteiger partial charge is 0.449 e. The number of rotatable bonds is 2. The number of imidazole rings is 1. The Morgan fingerprint density at radius 1 is 1.03 bits per heavy atom. The number of benzene rings is 2. The van der Waals surface area contributed by atoms with Gasteiger partial charge < -0.3 is 4.57 Å². The van der Waals surface area contributed by atoms with Crippen molar-refractivity contribution in [3.8, 4) is 0 Å². The summed E-state index contributed by atoms with van der Waals surface area (Å²) in [4.78, 5) is 16.5. The van der Waals surface area contributed by atoms with Crippen LogP contribution in [-0.4, -0.2) is 28.7 Å². The highest BCUT2D eigenvalue weighted by Gasteiger charge is 2.38. The van der Waals surface area contributed by atoms with Gasteiger partial charge in [-0.15, -0.1) is 10.2 Å². The molecule has 10 heteroatoms. The molecule has 0 amide bonds. The van der Waals surface area contributed by atoms with E-state index < -0.39 is 12.0 Å². The van der Waals surface area contributed by atoms with Crippen molar-refractivity contribution in [1.29, 1.82) is 0 Å². The molecular weight excluding hydrogens is 397 g/mol. The lowest BCUT2D eigenvalue weighted by Crippen LogP contribution is -2.21. The van der Waals surface area contributed by atoms with Crippen LogP contribution < -0.4 is 5.56 Å². The summed E-state index contributed by atoms with van der Waals surface area (Å²) >= 11 is 0. The molecule has 0 aliphatic heterocycles. The molecule has 7 nitrogen and oxygen atoms in total. The van der Waals surface area contributed by atoms with Crippen LogP contribution in [0.2, 0.25) is 0 Å². The average molecular weight is 412 g/mol. The van der Waals surface area contributed by atoms with Gasteiger partial charge in [-0.2, -0.15) is 13.2 Å². The molecule has 0 saturated heterocycles. The normalized spacial score (nSPS) is 12.4. The third kappa shape index (κ3) is 2.60. The Hall–Kier alpha value is -3.69. The van der Waals surface area contributed by atoms with Crippen LogP contribution in [0, 0.1) is 6.92 Å². The number of halogens is 3. The predicted molar refractivity (Wildman–Crippen MR) is 104 cm³/mol. The van der Waals surface area contributed by atoms with Gasteiger partial charge in [-0.3, -0.25) is 13.8 Å². The van der Waals surface area contributed by atoms with Crippen LogP contribution in [0.15, 0.2) is 47.3 Å². The molecule has 152 valence electrons. The number of nitrogens with zero attached hydrogens (tertiary/aromatic N) is 6. The lowest BCUT2D eigenvalue weighted by molar-refractivity contribution is -0.146. The van der Waals surface area contributed by atoms with Crippen molar-refractivity contribution < 1.29 is 13.2 Å². The zero-order valence-electron chi connectivity index (χ0n) is 16.0. The molecule has 2 aromatic carbocycles. The number of para-hydroxylation sites is 2. The summed E-state index contributed by atoms with van der Waals surface area (Å²) in [6.45, 7) is 1.65. The fraction of sp³-hybridized carbons (Fsp3) is 0.200. The second-order valence-corrected chi connectivity index (χ2v) is 7.14. The summed E-state index contributed by atoms with van der Waals surface area (Å²) in [5.74, 6) is -0.488. The first-order valence-electron chi connectivity index (χ1n) is 9.11. The maximum absolute atomic E-state index is 13.7. The van der Waals surface area contributed by atoms with Crippen LogP contribution in [0.25, 0.3) is 27.7 Å². The van der Waals surface area contributed by atoms with Gasteiger partial charge in [0.15, 0.2) is 5.82 Å². The number of aromatic nitrogens is 6. The van der Waals surface area contributed by atoms with E-state index in [4.69, 9.17) is 0 Å². The molecule has 0 radical (unpaired) electrons. The molecule has 5 rings (SSSR count). The third-order valence-electron chi connectivity index (χ3n) is 5.15. The van der Waals surface area contributed by atoms with Gasteiger partial charge in [0.1, 0.15) is 0 Å². The fourth-order valence-corrected chi connectivity index (χ4v) is 3.75. The maximum Gasteiger partial charge on any atom is 0.449 e. The van der Waals surface area contributed by atoms with Crippen LogP contribution in [0.3, 0.4) is 0 Å². The van der Waals surface area contributed by atoms with Crippen LogP contribution >= 0.6 is 0 Å². The lowest BCUT2D eigenvalue weighted by Gasteiger charge is -2.12. The Bertz CT molecular complexity index is 1510. The molecule has 5 aromatic rings. The van der Waals surface area contributed by atoms with E-state index in [0.717, 1.165) is 10.1 Å².